The third-order valence-corrected chi connectivity index (χ3v) is 4.45. The number of halogens is 4. The lowest BCUT2D eigenvalue weighted by Crippen LogP contribution is -2.49. The molecule has 28 heavy (non-hydrogen) atoms. The minimum absolute atomic E-state index is 0.0468. The highest BCUT2D eigenvalue weighted by Crippen LogP contribution is 2.31. The first-order chi connectivity index (χ1) is 13.4. The SMILES string of the molecule is O=Cc1c(F)c(F)c(N2CCN(C(=O)OCc3ccccc3)CC2)c(F)c1F. The van der Waals surface area contributed by atoms with Crippen LogP contribution in [0.5, 0.6) is 0 Å². The van der Waals surface area contributed by atoms with Gasteiger partial charge in [-0.05, 0) is 5.56 Å². The third kappa shape index (κ3) is 3.78. The van der Waals surface area contributed by atoms with Gasteiger partial charge in [0, 0.05) is 26.2 Å². The Balaban J connectivity index is 1.66. The zero-order chi connectivity index (χ0) is 20.3. The molecule has 0 aliphatic carbocycles. The highest BCUT2D eigenvalue weighted by atomic mass is 19.2. The van der Waals surface area contributed by atoms with E-state index in [4.69, 9.17) is 4.74 Å². The number of hydrogen-bond donors (Lipinski definition) is 0. The number of ether oxygens (including phenoxy) is 1. The maximum atomic E-state index is 14.2. The summed E-state index contributed by atoms with van der Waals surface area (Å²) >= 11 is 0. The van der Waals surface area contributed by atoms with E-state index in [2.05, 4.69) is 0 Å². The van der Waals surface area contributed by atoms with Crippen LogP contribution < -0.4 is 4.90 Å². The molecular formula is C19H16F4N2O3. The van der Waals surface area contributed by atoms with Crippen LogP contribution in [0.15, 0.2) is 30.3 Å². The minimum atomic E-state index is -1.74. The number of amides is 1. The Morgan fingerprint density at radius 3 is 2.04 bits per heavy atom. The maximum absolute atomic E-state index is 14.2. The van der Waals surface area contributed by atoms with Gasteiger partial charge in [0.1, 0.15) is 12.3 Å². The van der Waals surface area contributed by atoms with Gasteiger partial charge < -0.3 is 14.5 Å². The zero-order valence-corrected chi connectivity index (χ0v) is 14.6. The van der Waals surface area contributed by atoms with E-state index < -0.39 is 40.6 Å². The number of benzene rings is 2. The summed E-state index contributed by atoms with van der Waals surface area (Å²) in [6.07, 6.45) is -0.875. The van der Waals surface area contributed by atoms with Crippen molar-refractivity contribution in [1.82, 2.24) is 4.90 Å². The molecule has 0 saturated carbocycles. The summed E-state index contributed by atoms with van der Waals surface area (Å²) < 4.78 is 61.1. The van der Waals surface area contributed by atoms with Crippen LogP contribution >= 0.6 is 0 Å². The summed E-state index contributed by atoms with van der Waals surface area (Å²) in [5, 5.41) is 0. The Bertz CT molecular complexity index is 855. The van der Waals surface area contributed by atoms with Gasteiger partial charge in [-0.2, -0.15) is 0 Å². The Labute approximate surface area is 158 Å². The predicted molar refractivity (Wildman–Crippen MR) is 92.1 cm³/mol. The summed E-state index contributed by atoms with van der Waals surface area (Å²) in [6.45, 7) is 0.0459. The monoisotopic (exact) mass is 396 g/mol. The van der Waals surface area contributed by atoms with Crippen molar-refractivity contribution in [3.8, 4) is 0 Å². The van der Waals surface area contributed by atoms with Gasteiger partial charge in [-0.1, -0.05) is 30.3 Å². The predicted octanol–water partition coefficient (Wildman–Crippen LogP) is 3.51. The number of rotatable bonds is 4. The van der Waals surface area contributed by atoms with Crippen molar-refractivity contribution in [2.24, 2.45) is 0 Å². The van der Waals surface area contributed by atoms with Gasteiger partial charge in [-0.3, -0.25) is 4.79 Å². The molecule has 2 aromatic rings. The van der Waals surface area contributed by atoms with Crippen molar-refractivity contribution >= 4 is 18.1 Å². The lowest BCUT2D eigenvalue weighted by molar-refractivity contribution is 0.0940. The standard InChI is InChI=1S/C19H16F4N2O3/c20-14-13(10-26)15(21)17(23)18(16(14)22)24-6-8-25(9-7-24)19(27)28-11-12-4-2-1-3-5-12/h1-5,10H,6-9,11H2. The second-order valence-corrected chi connectivity index (χ2v) is 6.15. The average molecular weight is 396 g/mol. The lowest BCUT2D eigenvalue weighted by atomic mass is 10.1. The Morgan fingerprint density at radius 1 is 0.929 bits per heavy atom. The van der Waals surface area contributed by atoms with Gasteiger partial charge in [-0.25, -0.2) is 22.4 Å². The summed E-state index contributed by atoms with van der Waals surface area (Å²) in [5.41, 5.74) is -1.38. The molecule has 1 amide bonds. The van der Waals surface area contributed by atoms with Crippen molar-refractivity contribution in [1.29, 1.82) is 0 Å². The summed E-state index contributed by atoms with van der Waals surface area (Å²) in [7, 11) is 0. The van der Waals surface area contributed by atoms with E-state index in [-0.39, 0.29) is 39.1 Å². The molecule has 1 fully saturated rings. The molecule has 1 aliphatic heterocycles. The van der Waals surface area contributed by atoms with E-state index in [1.54, 1.807) is 24.3 Å². The number of carbonyl (C=O) groups excluding carboxylic acids is 2. The second-order valence-electron chi connectivity index (χ2n) is 6.15. The maximum Gasteiger partial charge on any atom is 0.410 e. The van der Waals surface area contributed by atoms with Crippen LogP contribution in [-0.2, 0) is 11.3 Å². The van der Waals surface area contributed by atoms with Crippen LogP contribution in [-0.4, -0.2) is 43.5 Å². The molecule has 1 saturated heterocycles. The first-order valence-corrected chi connectivity index (χ1v) is 8.45. The molecule has 1 heterocycles. The van der Waals surface area contributed by atoms with Crippen molar-refractivity contribution in [3.63, 3.8) is 0 Å². The normalized spacial score (nSPS) is 14.1. The van der Waals surface area contributed by atoms with Gasteiger partial charge in [0.25, 0.3) is 0 Å². The van der Waals surface area contributed by atoms with Crippen molar-refractivity contribution in [2.75, 3.05) is 31.1 Å². The van der Waals surface area contributed by atoms with Crippen LogP contribution in [0, 0.1) is 23.3 Å². The Kier molecular flexibility index (Phi) is 5.81. The quantitative estimate of drug-likeness (QED) is 0.451. The van der Waals surface area contributed by atoms with Crippen LogP contribution in [0.4, 0.5) is 28.0 Å². The molecule has 9 heteroatoms. The molecule has 0 spiro atoms. The number of aldehydes is 1. The van der Waals surface area contributed by atoms with E-state index in [0.29, 0.717) is 0 Å². The molecule has 0 unspecified atom stereocenters. The second kappa shape index (κ2) is 8.28. The summed E-state index contributed by atoms with van der Waals surface area (Å²) in [5.74, 6) is -6.76. The van der Waals surface area contributed by atoms with E-state index in [0.717, 1.165) is 10.5 Å². The van der Waals surface area contributed by atoms with E-state index in [9.17, 15) is 27.2 Å². The van der Waals surface area contributed by atoms with Gasteiger partial charge in [-0.15, -0.1) is 0 Å². The summed E-state index contributed by atoms with van der Waals surface area (Å²) in [4.78, 5) is 25.2. The molecule has 0 aromatic heterocycles. The van der Waals surface area contributed by atoms with E-state index in [1.165, 1.54) is 4.90 Å². The zero-order valence-electron chi connectivity index (χ0n) is 14.6. The van der Waals surface area contributed by atoms with Gasteiger partial charge in [0.2, 0.25) is 0 Å². The van der Waals surface area contributed by atoms with E-state index in [1.807, 2.05) is 6.07 Å². The van der Waals surface area contributed by atoms with Crippen molar-refractivity contribution in [2.45, 2.75) is 6.61 Å². The number of nitrogens with zero attached hydrogens (tertiary/aromatic N) is 2. The highest BCUT2D eigenvalue weighted by molar-refractivity contribution is 5.77. The Morgan fingerprint density at radius 2 is 1.50 bits per heavy atom. The fraction of sp³-hybridized carbons (Fsp3) is 0.263. The molecule has 3 rings (SSSR count). The number of hydrogen-bond acceptors (Lipinski definition) is 4. The topological polar surface area (TPSA) is 49.9 Å². The molecule has 1 aliphatic rings. The molecule has 0 N–H and O–H groups in total. The Hall–Kier alpha value is -3.10. The van der Waals surface area contributed by atoms with Crippen LogP contribution in [0.3, 0.4) is 0 Å². The molecule has 5 nitrogen and oxygen atoms in total. The molecule has 148 valence electrons. The molecule has 0 bridgehead atoms. The van der Waals surface area contributed by atoms with Crippen molar-refractivity contribution < 1.29 is 31.9 Å². The fourth-order valence-electron chi connectivity index (χ4n) is 2.94. The van der Waals surface area contributed by atoms with Crippen LogP contribution in [0.1, 0.15) is 15.9 Å². The molecule has 2 aromatic carbocycles. The first kappa shape index (κ1) is 19.7. The third-order valence-electron chi connectivity index (χ3n) is 4.45. The van der Waals surface area contributed by atoms with Crippen LogP contribution in [0.2, 0.25) is 0 Å². The minimum Gasteiger partial charge on any atom is -0.445 e. The average Bonchev–Trinajstić information content (AvgIpc) is 2.72. The number of carbonyl (C=O) groups is 2. The molecular weight excluding hydrogens is 380 g/mol. The number of anilines is 1. The van der Waals surface area contributed by atoms with Gasteiger partial charge in [0.05, 0.1) is 5.56 Å². The molecule has 0 atom stereocenters. The van der Waals surface area contributed by atoms with Gasteiger partial charge >= 0.3 is 6.09 Å². The smallest absolute Gasteiger partial charge is 0.410 e. The first-order valence-electron chi connectivity index (χ1n) is 8.45. The van der Waals surface area contributed by atoms with Crippen molar-refractivity contribution in [3.05, 3.63) is 64.7 Å². The van der Waals surface area contributed by atoms with Crippen LogP contribution in [0.25, 0.3) is 0 Å². The van der Waals surface area contributed by atoms with Gasteiger partial charge in [0.15, 0.2) is 29.6 Å². The number of piperazine rings is 1. The largest absolute Gasteiger partial charge is 0.445 e. The lowest BCUT2D eigenvalue weighted by Gasteiger charge is -2.35. The highest BCUT2D eigenvalue weighted by Gasteiger charge is 2.31. The van der Waals surface area contributed by atoms with E-state index >= 15 is 0 Å². The fourth-order valence-corrected chi connectivity index (χ4v) is 2.94. The molecule has 0 radical (unpaired) electrons. The summed E-state index contributed by atoms with van der Waals surface area (Å²) in [6, 6.07) is 9.03.